The molecule has 0 bridgehead atoms. The molecule has 0 atom stereocenters. The van der Waals surface area contributed by atoms with Crippen LogP contribution in [-0.2, 0) is 21.7 Å². The first-order chi connectivity index (χ1) is 34.6. The summed E-state index contributed by atoms with van der Waals surface area (Å²) in [6, 6.07) is 33.8. The minimum Gasteiger partial charge on any atom is -0.337 e. The van der Waals surface area contributed by atoms with Gasteiger partial charge >= 0.3 is 0 Å². The maximum atomic E-state index is 5.41. The second kappa shape index (κ2) is 18.1. The lowest BCUT2D eigenvalue weighted by Gasteiger charge is -2.44. The topological polar surface area (TPSA) is 31.9 Å². The molecule has 13 heteroatoms. The van der Waals surface area contributed by atoms with Crippen molar-refractivity contribution in [2.75, 3.05) is 4.90 Å². The van der Waals surface area contributed by atoms with Gasteiger partial charge in [0.15, 0.2) is 0 Å². The van der Waals surface area contributed by atoms with Gasteiger partial charge in [0.1, 0.15) is 84.3 Å². The molecule has 0 fully saturated rings. The van der Waals surface area contributed by atoms with E-state index in [0.29, 0.717) is 0 Å². The molecule has 3 nitrogen and oxygen atoms in total. The van der Waals surface area contributed by atoms with E-state index in [1.165, 1.54) is 134 Å². The fourth-order valence-electron chi connectivity index (χ4n) is 13.5. The maximum Gasteiger partial charge on any atom is 0.139 e. The van der Waals surface area contributed by atoms with Crippen LogP contribution < -0.4 is 59.5 Å². The fraction of sp³-hybridized carbons (Fsp3) is 0.295. The molecule has 0 saturated carbocycles. The standard InChI is InChI=1S/C61H73B10N3/c1-29-14-16-35(30(2)22-29)31-23-32(36-12-11-13-42-56(36)73-57(72-42)45-48(64)52(68)55(71)53(69)49(45)65)25-34(24-31)74(33-15-17-38-39(26-33)59(5,6)19-18-58(38,3)4)43-28-41-40(60(7,8)20-21-61(41,9)10)27-37(43)44-46(62)50(66)54(70)51(67)47(44)63/h11-17,22-28H,18-21,62-71H2,1-10H3,(H,72,73). The predicted octanol–water partition coefficient (Wildman–Crippen LogP) is -0.400. The zero-order valence-corrected chi connectivity index (χ0v) is 48.8. The number of imidazole rings is 1. The van der Waals surface area contributed by atoms with Crippen LogP contribution in [0.1, 0.15) is 114 Å². The smallest absolute Gasteiger partial charge is 0.139 e. The number of para-hydroxylation sites is 1. The van der Waals surface area contributed by atoms with Crippen LogP contribution in [0.5, 0.6) is 0 Å². The maximum absolute atomic E-state index is 5.41. The molecule has 7 aromatic carbocycles. The Hall–Kier alpha value is -5.54. The van der Waals surface area contributed by atoms with Crippen molar-refractivity contribution in [3.8, 4) is 44.8 Å². The largest absolute Gasteiger partial charge is 0.337 e. The van der Waals surface area contributed by atoms with Crippen molar-refractivity contribution < 1.29 is 0 Å². The Morgan fingerprint density at radius 2 is 0.919 bits per heavy atom. The molecule has 2 aliphatic carbocycles. The molecule has 2 aliphatic rings. The molecule has 8 aromatic rings. The molecule has 0 unspecified atom stereocenters. The summed E-state index contributed by atoms with van der Waals surface area (Å²) >= 11 is 0. The number of hydrogen-bond acceptors (Lipinski definition) is 2. The van der Waals surface area contributed by atoms with Crippen molar-refractivity contribution >= 4 is 161 Å². The molecule has 0 radical (unpaired) electrons. The molecular formula is C61H73B10N3. The molecule has 1 heterocycles. The van der Waals surface area contributed by atoms with Crippen molar-refractivity contribution in [3.05, 3.63) is 118 Å². The average Bonchev–Trinajstić information content (AvgIpc) is 3.79. The van der Waals surface area contributed by atoms with Gasteiger partial charge in [0.05, 0.1) is 16.7 Å². The number of fused-ring (bicyclic) bond motifs is 3. The van der Waals surface area contributed by atoms with E-state index in [-0.39, 0.29) is 21.7 Å². The summed E-state index contributed by atoms with van der Waals surface area (Å²) in [7, 11) is 23.0. The lowest BCUT2D eigenvalue weighted by molar-refractivity contribution is 0.332. The van der Waals surface area contributed by atoms with Crippen LogP contribution in [-0.4, -0.2) is 88.4 Å². The minimum atomic E-state index is -0.0138. The molecule has 1 N–H and O–H groups in total. The molecule has 0 aliphatic heterocycles. The Balaban J connectivity index is 1.35. The van der Waals surface area contributed by atoms with Crippen LogP contribution in [0, 0.1) is 13.8 Å². The second-order valence-electron chi connectivity index (χ2n) is 25.9. The van der Waals surface area contributed by atoms with Gasteiger partial charge in [-0.3, -0.25) is 0 Å². The predicted molar refractivity (Wildman–Crippen MR) is 354 cm³/mol. The number of aromatic nitrogens is 2. The number of hydrogen-bond donors (Lipinski definition) is 1. The third kappa shape index (κ3) is 8.37. The van der Waals surface area contributed by atoms with E-state index in [0.717, 1.165) is 52.9 Å². The number of nitrogens with zero attached hydrogens (tertiary/aromatic N) is 2. The molecule has 362 valence electrons. The number of benzene rings is 7. The summed E-state index contributed by atoms with van der Waals surface area (Å²) in [6.07, 6.45) is 4.61. The first-order valence-electron chi connectivity index (χ1n) is 27.6. The van der Waals surface area contributed by atoms with Crippen LogP contribution in [0.3, 0.4) is 0 Å². The van der Waals surface area contributed by atoms with Gasteiger partial charge in [-0.25, -0.2) is 4.98 Å². The molecule has 0 saturated heterocycles. The Labute approximate surface area is 453 Å². The van der Waals surface area contributed by atoms with Gasteiger partial charge in [-0.2, -0.15) is 0 Å². The number of anilines is 3. The third-order valence-corrected chi connectivity index (χ3v) is 19.5. The first kappa shape index (κ1) is 51.9. The molecule has 0 spiro atoms. The van der Waals surface area contributed by atoms with E-state index in [1.807, 2.05) is 0 Å². The van der Waals surface area contributed by atoms with Gasteiger partial charge in [-0.05, 0) is 160 Å². The van der Waals surface area contributed by atoms with Crippen molar-refractivity contribution in [1.29, 1.82) is 0 Å². The molecule has 10 rings (SSSR count). The van der Waals surface area contributed by atoms with Crippen molar-refractivity contribution in [2.45, 2.75) is 117 Å². The summed E-state index contributed by atoms with van der Waals surface area (Å²) in [6.45, 7) is 24.2. The average molecular weight is 956 g/mol. The number of H-pyrrole nitrogens is 1. The molecule has 74 heavy (non-hydrogen) atoms. The summed E-state index contributed by atoms with van der Waals surface area (Å²) in [5.74, 6) is 0.930. The highest BCUT2D eigenvalue weighted by atomic mass is 15.1. The number of aromatic amines is 1. The number of aryl methyl sites for hydroxylation is 2. The summed E-state index contributed by atoms with van der Waals surface area (Å²) in [4.78, 5) is 12.0. The molecule has 0 amide bonds. The van der Waals surface area contributed by atoms with Crippen LogP contribution >= 0.6 is 0 Å². The monoisotopic (exact) mass is 958 g/mol. The second-order valence-corrected chi connectivity index (χ2v) is 25.9. The lowest BCUT2D eigenvalue weighted by atomic mass is 9.58. The quantitative estimate of drug-likeness (QED) is 0.221. The van der Waals surface area contributed by atoms with Crippen LogP contribution in [0.25, 0.3) is 55.8 Å². The van der Waals surface area contributed by atoms with Crippen LogP contribution in [0.2, 0.25) is 0 Å². The van der Waals surface area contributed by atoms with Crippen LogP contribution in [0.4, 0.5) is 17.1 Å². The van der Waals surface area contributed by atoms with Gasteiger partial charge in [-0.1, -0.05) is 119 Å². The van der Waals surface area contributed by atoms with Gasteiger partial charge in [0.2, 0.25) is 0 Å². The number of rotatable bonds is 7. The minimum absolute atomic E-state index is 0.0138. The zero-order valence-electron chi connectivity index (χ0n) is 48.8. The van der Waals surface area contributed by atoms with Gasteiger partial charge < -0.3 is 9.88 Å². The van der Waals surface area contributed by atoms with Crippen molar-refractivity contribution in [1.82, 2.24) is 9.97 Å². The normalized spacial score (nSPS) is 16.2. The van der Waals surface area contributed by atoms with Crippen LogP contribution in [0.15, 0.2) is 84.9 Å². The van der Waals surface area contributed by atoms with E-state index < -0.39 is 0 Å². The Bertz CT molecular complexity index is 3620. The highest BCUT2D eigenvalue weighted by Crippen LogP contribution is 2.53. The SMILES string of the molecule is Bc1c(B)c(B)c(-c2nc3cccc(-c4cc(-c5ccc(C)cc5C)cc(N(c5ccc6c(c5)C(C)(C)CCC6(C)C)c5cc6c(cc5-c5c(B)c(B)c(B)c(B)c5B)C(C)(C)CCC6(C)C)c4)c3[nH]2)c(B)c1B. The molecule has 1 aromatic heterocycles. The first-order valence-corrected chi connectivity index (χ1v) is 27.6. The Kier molecular flexibility index (Phi) is 12.7. The Morgan fingerprint density at radius 3 is 1.47 bits per heavy atom. The number of nitrogens with one attached hydrogen (secondary N) is 1. The highest BCUT2D eigenvalue weighted by Gasteiger charge is 2.41. The van der Waals surface area contributed by atoms with Gasteiger partial charge in [0, 0.05) is 28.1 Å². The Morgan fingerprint density at radius 1 is 0.432 bits per heavy atom. The van der Waals surface area contributed by atoms with E-state index in [4.69, 9.17) is 4.98 Å². The fourth-order valence-corrected chi connectivity index (χ4v) is 13.5. The van der Waals surface area contributed by atoms with E-state index in [9.17, 15) is 0 Å². The summed E-state index contributed by atoms with van der Waals surface area (Å²) in [5, 5.41) is 0. The summed E-state index contributed by atoms with van der Waals surface area (Å²) < 4.78 is 0. The molecular weight excluding hydrogens is 883 g/mol. The summed E-state index contributed by atoms with van der Waals surface area (Å²) in [5.41, 5.74) is 36.2. The third-order valence-electron chi connectivity index (χ3n) is 19.5. The van der Waals surface area contributed by atoms with Crippen molar-refractivity contribution in [3.63, 3.8) is 0 Å². The van der Waals surface area contributed by atoms with E-state index in [1.54, 1.807) is 0 Å². The zero-order chi connectivity index (χ0) is 53.5. The van der Waals surface area contributed by atoms with E-state index in [2.05, 4.69) is 243 Å². The van der Waals surface area contributed by atoms with Crippen molar-refractivity contribution in [2.24, 2.45) is 0 Å². The highest BCUT2D eigenvalue weighted by molar-refractivity contribution is 6.70. The lowest BCUT2D eigenvalue weighted by Crippen LogP contribution is -2.55. The van der Waals surface area contributed by atoms with Gasteiger partial charge in [-0.15, -0.1) is 32.8 Å². The van der Waals surface area contributed by atoms with Gasteiger partial charge in [0.25, 0.3) is 0 Å². The van der Waals surface area contributed by atoms with E-state index >= 15 is 0 Å².